The highest BCUT2D eigenvalue weighted by Crippen LogP contribution is 2.34. The summed E-state index contributed by atoms with van der Waals surface area (Å²) >= 11 is 0. The van der Waals surface area contributed by atoms with Gasteiger partial charge in [-0.2, -0.15) is 0 Å². The number of nitrogen functional groups attached to an aromatic ring is 1. The third-order valence-corrected chi connectivity index (χ3v) is 3.43. The van der Waals surface area contributed by atoms with E-state index < -0.39 is 0 Å². The zero-order valence-corrected chi connectivity index (χ0v) is 12.7. The van der Waals surface area contributed by atoms with Crippen LogP contribution < -0.4 is 10.5 Å². The lowest BCUT2D eigenvalue weighted by Crippen LogP contribution is -1.96. The zero-order valence-electron chi connectivity index (χ0n) is 12.7. The zero-order chi connectivity index (χ0) is 15.5. The van der Waals surface area contributed by atoms with Gasteiger partial charge in [-0.3, -0.25) is 0 Å². The van der Waals surface area contributed by atoms with Crippen molar-refractivity contribution in [3.63, 3.8) is 0 Å². The predicted molar refractivity (Wildman–Crippen MR) is 87.5 cm³/mol. The molecule has 5 heteroatoms. The van der Waals surface area contributed by atoms with Crippen LogP contribution in [0.2, 0.25) is 0 Å². The van der Waals surface area contributed by atoms with Crippen LogP contribution in [0.4, 0.5) is 5.69 Å². The molecule has 0 spiro atoms. The molecule has 0 saturated carbocycles. The van der Waals surface area contributed by atoms with E-state index >= 15 is 0 Å². The predicted octanol–water partition coefficient (Wildman–Crippen LogP) is 3.13. The Labute approximate surface area is 129 Å². The summed E-state index contributed by atoms with van der Waals surface area (Å²) in [5.74, 6) is 1.58. The molecule has 0 aliphatic heterocycles. The Hall–Kier alpha value is -2.82. The molecule has 0 unspecified atom stereocenters. The molecular weight excluding hydrogens is 276 g/mol. The summed E-state index contributed by atoms with van der Waals surface area (Å²) in [7, 11) is 1.93. The van der Waals surface area contributed by atoms with Gasteiger partial charge in [0, 0.05) is 24.4 Å². The largest absolute Gasteiger partial charge is 0.494 e. The molecule has 3 rings (SSSR count). The van der Waals surface area contributed by atoms with E-state index in [2.05, 4.69) is 16.3 Å². The van der Waals surface area contributed by atoms with Crippen molar-refractivity contribution in [2.75, 3.05) is 12.3 Å². The molecule has 1 aromatic heterocycles. The number of hydrogen-bond acceptors (Lipinski definition) is 4. The van der Waals surface area contributed by atoms with Crippen LogP contribution >= 0.6 is 0 Å². The highest BCUT2D eigenvalue weighted by Gasteiger charge is 2.12. The Morgan fingerprint density at radius 1 is 1.14 bits per heavy atom. The Morgan fingerprint density at radius 2 is 1.91 bits per heavy atom. The summed E-state index contributed by atoms with van der Waals surface area (Å²) in [5.41, 5.74) is 9.75. The van der Waals surface area contributed by atoms with E-state index in [0.29, 0.717) is 12.3 Å². The molecule has 22 heavy (non-hydrogen) atoms. The molecule has 0 atom stereocenters. The van der Waals surface area contributed by atoms with Crippen LogP contribution in [0.15, 0.2) is 48.8 Å². The first-order valence-corrected chi connectivity index (χ1v) is 7.16. The van der Waals surface area contributed by atoms with Gasteiger partial charge in [0.2, 0.25) is 0 Å². The van der Waals surface area contributed by atoms with Gasteiger partial charge in [0.25, 0.3) is 0 Å². The van der Waals surface area contributed by atoms with Gasteiger partial charge in [-0.05, 0) is 30.2 Å². The minimum Gasteiger partial charge on any atom is -0.494 e. The van der Waals surface area contributed by atoms with Crippen molar-refractivity contribution in [1.29, 1.82) is 0 Å². The summed E-state index contributed by atoms with van der Waals surface area (Å²) in [6.45, 7) is 2.56. The van der Waals surface area contributed by atoms with Crippen molar-refractivity contribution >= 4 is 5.69 Å². The lowest BCUT2D eigenvalue weighted by atomic mass is 9.98. The van der Waals surface area contributed by atoms with E-state index in [4.69, 9.17) is 10.5 Å². The second-order valence-corrected chi connectivity index (χ2v) is 5.03. The molecule has 2 aromatic carbocycles. The van der Waals surface area contributed by atoms with E-state index in [0.717, 1.165) is 28.3 Å². The first-order valence-electron chi connectivity index (χ1n) is 7.16. The van der Waals surface area contributed by atoms with Gasteiger partial charge in [0.1, 0.15) is 12.1 Å². The van der Waals surface area contributed by atoms with Gasteiger partial charge in [-0.25, -0.2) is 0 Å². The number of aromatic nitrogens is 3. The van der Waals surface area contributed by atoms with Crippen molar-refractivity contribution in [2.24, 2.45) is 7.05 Å². The molecule has 0 bridgehead atoms. The average Bonchev–Trinajstić information content (AvgIpc) is 2.93. The lowest BCUT2D eigenvalue weighted by molar-refractivity contribution is 0.340. The number of ether oxygens (including phenoxy) is 1. The van der Waals surface area contributed by atoms with Gasteiger partial charge >= 0.3 is 0 Å². The van der Waals surface area contributed by atoms with Crippen LogP contribution in [-0.4, -0.2) is 21.4 Å². The maximum absolute atomic E-state index is 6.01. The smallest absolute Gasteiger partial charge is 0.164 e. The summed E-state index contributed by atoms with van der Waals surface area (Å²) < 4.78 is 7.49. The van der Waals surface area contributed by atoms with Crippen molar-refractivity contribution in [2.45, 2.75) is 6.92 Å². The fourth-order valence-electron chi connectivity index (χ4n) is 2.48. The molecule has 0 radical (unpaired) electrons. The van der Waals surface area contributed by atoms with E-state index in [1.165, 1.54) is 0 Å². The summed E-state index contributed by atoms with van der Waals surface area (Å²) in [6, 6.07) is 13.8. The molecule has 5 nitrogen and oxygen atoms in total. The minimum atomic E-state index is 0.605. The summed E-state index contributed by atoms with van der Waals surface area (Å²) in [4.78, 5) is 0. The summed E-state index contributed by atoms with van der Waals surface area (Å²) in [5, 5.41) is 8.16. The van der Waals surface area contributed by atoms with Crippen molar-refractivity contribution in [3.8, 4) is 28.3 Å². The highest BCUT2D eigenvalue weighted by atomic mass is 16.5. The van der Waals surface area contributed by atoms with Gasteiger partial charge in [-0.15, -0.1) is 10.2 Å². The van der Waals surface area contributed by atoms with Crippen LogP contribution in [0.5, 0.6) is 5.75 Å². The topological polar surface area (TPSA) is 66.0 Å². The van der Waals surface area contributed by atoms with E-state index in [9.17, 15) is 0 Å². The van der Waals surface area contributed by atoms with Crippen LogP contribution in [0, 0.1) is 0 Å². The van der Waals surface area contributed by atoms with Gasteiger partial charge in [0.15, 0.2) is 5.82 Å². The standard InChI is InChI=1S/C17H18N4O/c1-3-22-14-9-12(8-13(18)10-14)15-6-4-5-7-16(15)17-20-19-11-21(17)2/h4-11H,3,18H2,1-2H3. The quantitative estimate of drug-likeness (QED) is 0.751. The van der Waals surface area contributed by atoms with Crippen molar-refractivity contribution in [1.82, 2.24) is 14.8 Å². The van der Waals surface area contributed by atoms with E-state index in [-0.39, 0.29) is 0 Å². The molecule has 112 valence electrons. The maximum atomic E-state index is 6.01. The minimum absolute atomic E-state index is 0.605. The third-order valence-electron chi connectivity index (χ3n) is 3.43. The fourth-order valence-corrected chi connectivity index (χ4v) is 2.48. The van der Waals surface area contributed by atoms with Gasteiger partial charge in [0.05, 0.1) is 6.61 Å². The molecule has 0 aliphatic rings. The van der Waals surface area contributed by atoms with Crippen LogP contribution in [0.1, 0.15) is 6.92 Å². The van der Waals surface area contributed by atoms with Crippen LogP contribution in [0.25, 0.3) is 22.5 Å². The number of rotatable bonds is 4. The molecule has 0 fully saturated rings. The number of nitrogens with two attached hydrogens (primary N) is 1. The second-order valence-electron chi connectivity index (χ2n) is 5.03. The Kier molecular flexibility index (Phi) is 3.78. The second kappa shape index (κ2) is 5.89. The summed E-state index contributed by atoms with van der Waals surface area (Å²) in [6.07, 6.45) is 1.69. The monoisotopic (exact) mass is 294 g/mol. The van der Waals surface area contributed by atoms with Gasteiger partial charge < -0.3 is 15.0 Å². The molecule has 1 heterocycles. The highest BCUT2D eigenvalue weighted by molar-refractivity contribution is 5.82. The number of anilines is 1. The number of aryl methyl sites for hydroxylation is 1. The van der Waals surface area contributed by atoms with Gasteiger partial charge in [-0.1, -0.05) is 24.3 Å². The first kappa shape index (κ1) is 14.1. The maximum Gasteiger partial charge on any atom is 0.164 e. The lowest BCUT2D eigenvalue weighted by Gasteiger charge is -2.12. The first-order chi connectivity index (χ1) is 10.7. The molecular formula is C17H18N4O. The molecule has 0 saturated heterocycles. The van der Waals surface area contributed by atoms with Crippen molar-refractivity contribution in [3.05, 3.63) is 48.8 Å². The van der Waals surface area contributed by atoms with Crippen LogP contribution in [0.3, 0.4) is 0 Å². The van der Waals surface area contributed by atoms with E-state index in [1.54, 1.807) is 6.33 Å². The molecule has 0 amide bonds. The third kappa shape index (κ3) is 2.65. The normalized spacial score (nSPS) is 10.6. The number of nitrogens with zero attached hydrogens (tertiary/aromatic N) is 3. The molecule has 0 aliphatic carbocycles. The van der Waals surface area contributed by atoms with E-state index in [1.807, 2.05) is 54.9 Å². The number of hydrogen-bond donors (Lipinski definition) is 1. The Morgan fingerprint density at radius 3 is 2.59 bits per heavy atom. The molecule has 2 N–H and O–H groups in total. The average molecular weight is 294 g/mol. The SMILES string of the molecule is CCOc1cc(N)cc(-c2ccccc2-c2nncn2C)c1. The Bertz CT molecular complexity index is 795. The molecule has 3 aromatic rings. The number of benzene rings is 2. The Balaban J connectivity index is 2.15. The van der Waals surface area contributed by atoms with Crippen molar-refractivity contribution < 1.29 is 4.74 Å². The van der Waals surface area contributed by atoms with Crippen LogP contribution in [-0.2, 0) is 7.05 Å². The fraction of sp³-hybridized carbons (Fsp3) is 0.176.